The number of nitrogens with zero attached hydrogens (tertiary/aromatic N) is 1. The summed E-state index contributed by atoms with van der Waals surface area (Å²) in [6, 6.07) is 5.49. The summed E-state index contributed by atoms with van der Waals surface area (Å²) in [7, 11) is 0. The Morgan fingerprint density at radius 1 is 1.10 bits per heavy atom. The lowest BCUT2D eigenvalue weighted by Crippen LogP contribution is -2.61. The second-order valence-corrected chi connectivity index (χ2v) is 15.2. The molecule has 6 N–H and O–H groups in total. The van der Waals surface area contributed by atoms with Crippen molar-refractivity contribution in [1.29, 1.82) is 0 Å². The molecule has 1 unspecified atom stereocenters. The highest BCUT2D eigenvalue weighted by molar-refractivity contribution is 5.98. The number of aryl methyl sites for hydroxylation is 1. The Labute approximate surface area is 290 Å². The number of fused-ring (bicyclic) bond motifs is 3. The summed E-state index contributed by atoms with van der Waals surface area (Å²) in [6.45, 7) is 8.60. The standard InChI is InChI=1S/C37H56N6O6/c1-5-29-37(41-29,34(47)38-22-24-16-17-24)42-32(45)28-21-27-23-43(28)33(46)31(36(2,3)4)40-35(48)49-20-12-8-6-7-9-13-25-14-10-11-15-26(25)18-19-30(44)39-27/h9-11,13-15,24,27-29,31,35,40-41,48H,5-8,12,16-23H2,1-4H3,(H,38,47)(H,39,44)(H,42,45)/b13-9+/t27-,28+,29+,31-,35?,37-/m1/s1. The van der Waals surface area contributed by atoms with E-state index in [1.54, 1.807) is 0 Å². The van der Waals surface area contributed by atoms with Crippen LogP contribution < -0.4 is 26.6 Å². The zero-order valence-corrected chi connectivity index (χ0v) is 29.6. The predicted octanol–water partition coefficient (Wildman–Crippen LogP) is 2.31. The van der Waals surface area contributed by atoms with Crippen LogP contribution in [0.5, 0.6) is 0 Å². The van der Waals surface area contributed by atoms with Gasteiger partial charge in [0.2, 0.25) is 24.1 Å². The first-order valence-electron chi connectivity index (χ1n) is 18.2. The third-order valence-corrected chi connectivity index (χ3v) is 10.1. The number of aliphatic hydroxyl groups excluding tert-OH is 1. The van der Waals surface area contributed by atoms with E-state index in [0.29, 0.717) is 31.9 Å². The van der Waals surface area contributed by atoms with Crippen LogP contribution in [0.25, 0.3) is 6.08 Å². The van der Waals surface area contributed by atoms with Crippen molar-refractivity contribution in [2.24, 2.45) is 11.3 Å². The van der Waals surface area contributed by atoms with Gasteiger partial charge in [-0.05, 0) is 73.8 Å². The number of carbonyl (C=O) groups is 4. The van der Waals surface area contributed by atoms with Gasteiger partial charge in [-0.3, -0.25) is 29.8 Å². The Kier molecular flexibility index (Phi) is 12.2. The van der Waals surface area contributed by atoms with Gasteiger partial charge >= 0.3 is 0 Å². The maximum Gasteiger partial charge on any atom is 0.262 e. The van der Waals surface area contributed by atoms with Crippen LogP contribution in [0.15, 0.2) is 30.3 Å². The second kappa shape index (κ2) is 16.1. The maximum atomic E-state index is 14.4. The van der Waals surface area contributed by atoms with Gasteiger partial charge in [-0.25, -0.2) is 0 Å². The third kappa shape index (κ3) is 9.68. The number of hydrogen-bond donors (Lipinski definition) is 6. The number of allylic oxidation sites excluding steroid dienone is 1. The van der Waals surface area contributed by atoms with Gasteiger partial charge in [0.25, 0.3) is 5.91 Å². The minimum Gasteiger partial charge on any atom is -0.356 e. The van der Waals surface area contributed by atoms with Gasteiger partial charge in [0.15, 0.2) is 5.66 Å². The molecule has 2 saturated heterocycles. The average Bonchev–Trinajstić information content (AvgIpc) is 3.98. The Morgan fingerprint density at radius 2 is 1.88 bits per heavy atom. The fourth-order valence-electron chi connectivity index (χ4n) is 6.92. The van der Waals surface area contributed by atoms with Crippen LogP contribution in [-0.2, 0) is 30.3 Å². The van der Waals surface area contributed by atoms with Crippen LogP contribution >= 0.6 is 0 Å². The molecule has 1 saturated carbocycles. The molecule has 0 aromatic heterocycles. The van der Waals surface area contributed by atoms with E-state index in [-0.39, 0.29) is 43.1 Å². The van der Waals surface area contributed by atoms with Crippen LogP contribution in [0, 0.1) is 11.3 Å². The molecule has 270 valence electrons. The van der Waals surface area contributed by atoms with Gasteiger partial charge in [-0.1, -0.05) is 70.5 Å². The SMILES string of the molecule is CC[C@@H]1N[C@]1(NC(=O)[C@@H]1C[C@@H]2CN1C(=O)[C@H](C(C)(C)C)NC(O)OCCCCC/C=C/c1ccccc1CCC(=O)N2)C(=O)NCC1CC1. The van der Waals surface area contributed by atoms with E-state index < -0.39 is 41.5 Å². The Morgan fingerprint density at radius 3 is 2.59 bits per heavy atom. The number of carbonyl (C=O) groups excluding carboxylic acids is 4. The number of hydrogen-bond acceptors (Lipinski definition) is 8. The zero-order chi connectivity index (χ0) is 35.2. The summed E-state index contributed by atoms with van der Waals surface area (Å²) in [4.78, 5) is 56.6. The molecule has 1 aromatic carbocycles. The number of rotatable bonds is 6. The monoisotopic (exact) mass is 680 g/mol. The van der Waals surface area contributed by atoms with Gasteiger partial charge < -0.3 is 30.7 Å². The summed E-state index contributed by atoms with van der Waals surface area (Å²) >= 11 is 0. The van der Waals surface area contributed by atoms with E-state index in [1.807, 2.05) is 52.0 Å². The van der Waals surface area contributed by atoms with E-state index in [1.165, 1.54) is 4.90 Å². The normalized spacial score (nSPS) is 31.1. The molecule has 4 amide bonds. The third-order valence-electron chi connectivity index (χ3n) is 10.1. The van der Waals surface area contributed by atoms with Crippen LogP contribution in [0.1, 0.15) is 96.6 Å². The Bertz CT molecular complexity index is 1380. The van der Waals surface area contributed by atoms with E-state index in [0.717, 1.165) is 49.7 Å². The van der Waals surface area contributed by atoms with Crippen LogP contribution in [0.2, 0.25) is 0 Å². The lowest BCUT2D eigenvalue weighted by molar-refractivity contribution is -0.155. The molecule has 0 radical (unpaired) electrons. The van der Waals surface area contributed by atoms with Gasteiger partial charge in [0.05, 0.1) is 18.7 Å². The topological polar surface area (TPSA) is 171 Å². The number of benzene rings is 1. The number of amides is 4. The molecule has 49 heavy (non-hydrogen) atoms. The highest BCUT2D eigenvalue weighted by Crippen LogP contribution is 2.32. The largest absolute Gasteiger partial charge is 0.356 e. The summed E-state index contributed by atoms with van der Waals surface area (Å²) in [5.74, 6) is -0.811. The Balaban J connectivity index is 1.37. The fourth-order valence-corrected chi connectivity index (χ4v) is 6.92. The van der Waals surface area contributed by atoms with Crippen molar-refractivity contribution in [3.8, 4) is 0 Å². The second-order valence-electron chi connectivity index (χ2n) is 15.2. The number of nitrogens with one attached hydrogen (secondary N) is 5. The molecular formula is C37H56N6O6. The van der Waals surface area contributed by atoms with Crippen LogP contribution in [0.3, 0.4) is 0 Å². The van der Waals surface area contributed by atoms with Crippen molar-refractivity contribution in [2.45, 2.75) is 128 Å². The van der Waals surface area contributed by atoms with Gasteiger partial charge in [-0.2, -0.15) is 0 Å². The smallest absolute Gasteiger partial charge is 0.262 e. The van der Waals surface area contributed by atoms with Crippen molar-refractivity contribution in [3.63, 3.8) is 0 Å². The minimum absolute atomic E-state index is 0.110. The molecular weight excluding hydrogens is 624 g/mol. The van der Waals surface area contributed by atoms with Crippen molar-refractivity contribution < 1.29 is 29.0 Å². The molecule has 5 rings (SSSR count). The molecule has 3 heterocycles. The van der Waals surface area contributed by atoms with Crippen molar-refractivity contribution in [3.05, 3.63) is 41.5 Å². The molecule has 3 fully saturated rings. The van der Waals surface area contributed by atoms with Gasteiger partial charge in [0.1, 0.15) is 6.04 Å². The first kappa shape index (κ1) is 36.9. The molecule has 2 bridgehead atoms. The first-order chi connectivity index (χ1) is 23.4. The quantitative estimate of drug-likeness (QED) is 0.249. The molecule has 4 aliphatic rings. The molecule has 12 heteroatoms. The first-order valence-corrected chi connectivity index (χ1v) is 18.2. The number of aliphatic hydroxyl groups is 1. The predicted molar refractivity (Wildman–Crippen MR) is 186 cm³/mol. The summed E-state index contributed by atoms with van der Waals surface area (Å²) in [5, 5.41) is 26.0. The van der Waals surface area contributed by atoms with Crippen molar-refractivity contribution in [2.75, 3.05) is 19.7 Å². The number of ether oxygens (including phenoxy) is 1. The minimum atomic E-state index is -1.39. The van der Waals surface area contributed by atoms with Gasteiger partial charge in [0, 0.05) is 25.6 Å². The lowest BCUT2D eigenvalue weighted by atomic mass is 9.85. The average molecular weight is 681 g/mol. The molecule has 1 aliphatic carbocycles. The van der Waals surface area contributed by atoms with Crippen molar-refractivity contribution in [1.82, 2.24) is 31.5 Å². The molecule has 1 aromatic rings. The summed E-state index contributed by atoms with van der Waals surface area (Å²) < 4.78 is 5.66. The molecule has 3 aliphatic heterocycles. The highest BCUT2D eigenvalue weighted by atomic mass is 16.6. The molecule has 0 spiro atoms. The van der Waals surface area contributed by atoms with E-state index in [9.17, 15) is 24.3 Å². The van der Waals surface area contributed by atoms with Crippen molar-refractivity contribution >= 4 is 29.7 Å². The van der Waals surface area contributed by atoms with E-state index >= 15 is 0 Å². The highest BCUT2D eigenvalue weighted by Gasteiger charge is 2.61. The molecule has 6 atom stereocenters. The summed E-state index contributed by atoms with van der Waals surface area (Å²) in [6.07, 6.45) is 10.2. The maximum absolute atomic E-state index is 14.4. The van der Waals surface area contributed by atoms with Gasteiger partial charge in [-0.15, -0.1) is 0 Å². The Hall–Kier alpha value is -3.32. The van der Waals surface area contributed by atoms with E-state index in [2.05, 4.69) is 38.7 Å². The fraction of sp³-hybridized carbons (Fsp3) is 0.676. The van der Waals surface area contributed by atoms with E-state index in [4.69, 9.17) is 4.74 Å². The summed E-state index contributed by atoms with van der Waals surface area (Å²) in [5.41, 5.74) is 0.255. The zero-order valence-electron chi connectivity index (χ0n) is 29.6. The molecule has 12 nitrogen and oxygen atoms in total. The van der Waals surface area contributed by atoms with Crippen LogP contribution in [0.4, 0.5) is 0 Å². The van der Waals surface area contributed by atoms with Crippen LogP contribution in [-0.4, -0.2) is 89.6 Å². The lowest BCUT2D eigenvalue weighted by Gasteiger charge is -2.36.